The van der Waals surface area contributed by atoms with Crippen LogP contribution in [0.25, 0.3) is 22.3 Å². The van der Waals surface area contributed by atoms with Gasteiger partial charge in [-0.1, -0.05) is 6.07 Å². The zero-order chi connectivity index (χ0) is 18.8. The second-order valence-corrected chi connectivity index (χ2v) is 6.63. The minimum Gasteiger partial charge on any atom is -0.337 e. The molecule has 0 radical (unpaired) electrons. The summed E-state index contributed by atoms with van der Waals surface area (Å²) in [6.07, 6.45) is 3.30. The molecule has 8 heteroatoms. The molecule has 4 aromatic rings. The Morgan fingerprint density at radius 3 is 2.63 bits per heavy atom. The van der Waals surface area contributed by atoms with Crippen molar-refractivity contribution in [1.82, 2.24) is 23.6 Å². The van der Waals surface area contributed by atoms with Gasteiger partial charge in [0.15, 0.2) is 0 Å². The largest absolute Gasteiger partial charge is 0.337 e. The van der Waals surface area contributed by atoms with Crippen molar-refractivity contribution < 1.29 is 4.79 Å². The molecular weight excluding hydrogens is 362 g/mol. The predicted octanol–water partition coefficient (Wildman–Crippen LogP) is 2.71. The first kappa shape index (κ1) is 17.0. The average Bonchev–Trinajstić information content (AvgIpc) is 3.16. The molecule has 27 heavy (non-hydrogen) atoms. The Labute approximate surface area is 158 Å². The van der Waals surface area contributed by atoms with Gasteiger partial charge in [0.25, 0.3) is 11.5 Å². The Morgan fingerprint density at radius 1 is 1.07 bits per heavy atom. The molecule has 3 aromatic heterocycles. The molecule has 1 aromatic carbocycles. The van der Waals surface area contributed by atoms with Crippen molar-refractivity contribution in [2.75, 3.05) is 7.05 Å². The van der Waals surface area contributed by atoms with E-state index in [0.29, 0.717) is 12.2 Å². The average molecular weight is 377 g/mol. The maximum atomic E-state index is 12.7. The number of hydrogen-bond acceptors (Lipinski definition) is 6. The number of pyridine rings is 2. The number of aromatic amines is 1. The summed E-state index contributed by atoms with van der Waals surface area (Å²) in [6.45, 7) is 0.373. The second kappa shape index (κ2) is 7.08. The number of nitrogens with zero attached hydrogens (tertiary/aromatic N) is 4. The molecule has 1 amide bonds. The number of aromatic nitrogens is 4. The quantitative estimate of drug-likeness (QED) is 0.590. The number of carbonyl (C=O) groups is 1. The van der Waals surface area contributed by atoms with Crippen LogP contribution in [-0.4, -0.2) is 36.6 Å². The highest BCUT2D eigenvalue weighted by atomic mass is 32.1. The summed E-state index contributed by atoms with van der Waals surface area (Å²) < 4.78 is 8.38. The van der Waals surface area contributed by atoms with E-state index >= 15 is 0 Å². The lowest BCUT2D eigenvalue weighted by molar-refractivity contribution is 0.0783. The fourth-order valence-corrected chi connectivity index (χ4v) is 3.34. The van der Waals surface area contributed by atoms with Crippen molar-refractivity contribution in [3.8, 4) is 11.3 Å². The Kier molecular flexibility index (Phi) is 4.47. The Balaban J connectivity index is 1.55. The molecule has 0 saturated heterocycles. The van der Waals surface area contributed by atoms with Crippen LogP contribution in [0.5, 0.6) is 0 Å². The molecule has 0 saturated carbocycles. The summed E-state index contributed by atoms with van der Waals surface area (Å²) in [7, 11) is 1.67. The van der Waals surface area contributed by atoms with Crippen molar-refractivity contribution in [1.29, 1.82) is 0 Å². The lowest BCUT2D eigenvalue weighted by atomic mass is 10.1. The Bertz CT molecular complexity index is 1170. The van der Waals surface area contributed by atoms with Crippen molar-refractivity contribution in [3.05, 3.63) is 76.3 Å². The maximum absolute atomic E-state index is 12.7. The van der Waals surface area contributed by atoms with Gasteiger partial charge < -0.3 is 9.88 Å². The summed E-state index contributed by atoms with van der Waals surface area (Å²) in [5.41, 5.74) is 3.73. The number of benzene rings is 1. The molecule has 0 aliphatic carbocycles. The van der Waals surface area contributed by atoms with Crippen LogP contribution in [0, 0.1) is 0 Å². The van der Waals surface area contributed by atoms with Crippen LogP contribution >= 0.6 is 11.7 Å². The fourth-order valence-electron chi connectivity index (χ4n) is 2.82. The standard InChI is InChI=1S/C19H15N5O2S/c1-24(11-12-2-4-16-17(10-12)23-27-22-16)19(26)14-3-5-15(21-18(14)25)13-6-8-20-9-7-13/h2-10H,11H2,1H3,(H,21,25). The second-order valence-electron chi connectivity index (χ2n) is 6.10. The highest BCUT2D eigenvalue weighted by Crippen LogP contribution is 2.16. The first-order valence-corrected chi connectivity index (χ1v) is 8.95. The molecule has 134 valence electrons. The topological polar surface area (TPSA) is 91.8 Å². The van der Waals surface area contributed by atoms with Crippen LogP contribution in [0.3, 0.4) is 0 Å². The van der Waals surface area contributed by atoms with Gasteiger partial charge >= 0.3 is 0 Å². The number of fused-ring (bicyclic) bond motifs is 1. The third-order valence-electron chi connectivity index (χ3n) is 4.22. The van der Waals surface area contributed by atoms with Crippen molar-refractivity contribution in [2.45, 2.75) is 6.54 Å². The lowest BCUT2D eigenvalue weighted by Crippen LogP contribution is -2.31. The molecule has 0 unspecified atom stereocenters. The first-order valence-electron chi connectivity index (χ1n) is 8.22. The Morgan fingerprint density at radius 2 is 1.85 bits per heavy atom. The van der Waals surface area contributed by atoms with Gasteiger partial charge in [-0.3, -0.25) is 14.6 Å². The lowest BCUT2D eigenvalue weighted by Gasteiger charge is -2.17. The summed E-state index contributed by atoms with van der Waals surface area (Å²) in [5, 5.41) is 0. The van der Waals surface area contributed by atoms with Crippen LogP contribution in [0.1, 0.15) is 15.9 Å². The molecule has 0 bridgehead atoms. The third kappa shape index (κ3) is 3.47. The molecule has 0 fully saturated rings. The predicted molar refractivity (Wildman–Crippen MR) is 104 cm³/mol. The van der Waals surface area contributed by atoms with Crippen molar-refractivity contribution in [3.63, 3.8) is 0 Å². The number of carbonyl (C=O) groups excluding carboxylic acids is 1. The summed E-state index contributed by atoms with van der Waals surface area (Å²) in [5.74, 6) is -0.339. The zero-order valence-corrected chi connectivity index (χ0v) is 15.2. The van der Waals surface area contributed by atoms with Crippen LogP contribution in [0.4, 0.5) is 0 Å². The summed E-state index contributed by atoms with van der Waals surface area (Å²) in [4.78, 5) is 33.4. The van der Waals surface area contributed by atoms with E-state index in [-0.39, 0.29) is 11.5 Å². The minimum atomic E-state index is -0.416. The van der Waals surface area contributed by atoms with E-state index < -0.39 is 5.56 Å². The summed E-state index contributed by atoms with van der Waals surface area (Å²) in [6, 6.07) is 12.6. The molecule has 0 atom stereocenters. The number of hydrogen-bond donors (Lipinski definition) is 1. The van der Waals surface area contributed by atoms with E-state index in [9.17, 15) is 9.59 Å². The van der Waals surface area contributed by atoms with Crippen LogP contribution < -0.4 is 5.56 Å². The summed E-state index contributed by atoms with van der Waals surface area (Å²) >= 11 is 1.16. The van der Waals surface area contributed by atoms with Gasteiger partial charge in [-0.15, -0.1) is 0 Å². The normalized spacial score (nSPS) is 10.9. The number of nitrogens with one attached hydrogen (secondary N) is 1. The van der Waals surface area contributed by atoms with Crippen LogP contribution in [-0.2, 0) is 6.54 Å². The van der Waals surface area contributed by atoms with Gasteiger partial charge in [-0.25, -0.2) is 0 Å². The Hall–Kier alpha value is -3.39. The first-order chi connectivity index (χ1) is 13.1. The monoisotopic (exact) mass is 377 g/mol. The SMILES string of the molecule is CN(Cc1ccc2nsnc2c1)C(=O)c1ccc(-c2ccncc2)[nH]c1=O. The number of H-pyrrole nitrogens is 1. The molecule has 3 heterocycles. The maximum Gasteiger partial charge on any atom is 0.261 e. The van der Waals surface area contributed by atoms with Gasteiger partial charge in [0.1, 0.15) is 16.6 Å². The van der Waals surface area contributed by atoms with E-state index in [1.54, 1.807) is 43.7 Å². The van der Waals surface area contributed by atoms with Crippen LogP contribution in [0.2, 0.25) is 0 Å². The molecule has 4 rings (SSSR count). The molecular formula is C19H15N5O2S. The molecule has 0 aliphatic rings. The van der Waals surface area contributed by atoms with E-state index in [1.165, 1.54) is 4.90 Å². The van der Waals surface area contributed by atoms with Gasteiger partial charge in [-0.2, -0.15) is 8.75 Å². The molecule has 0 aliphatic heterocycles. The minimum absolute atomic E-state index is 0.103. The highest BCUT2D eigenvalue weighted by molar-refractivity contribution is 7.00. The smallest absolute Gasteiger partial charge is 0.261 e. The van der Waals surface area contributed by atoms with Gasteiger partial charge in [-0.05, 0) is 42.0 Å². The number of rotatable bonds is 4. The van der Waals surface area contributed by atoms with Crippen molar-refractivity contribution >= 4 is 28.7 Å². The van der Waals surface area contributed by atoms with E-state index in [0.717, 1.165) is 33.9 Å². The van der Waals surface area contributed by atoms with Gasteiger partial charge in [0.05, 0.1) is 11.7 Å². The molecule has 0 spiro atoms. The third-order valence-corrected chi connectivity index (χ3v) is 4.77. The molecule has 7 nitrogen and oxygen atoms in total. The highest BCUT2D eigenvalue weighted by Gasteiger charge is 2.16. The van der Waals surface area contributed by atoms with Gasteiger partial charge in [0.2, 0.25) is 0 Å². The van der Waals surface area contributed by atoms with Gasteiger partial charge in [0, 0.05) is 37.2 Å². The van der Waals surface area contributed by atoms with E-state index in [2.05, 4.69) is 18.7 Å². The van der Waals surface area contributed by atoms with Crippen molar-refractivity contribution in [2.24, 2.45) is 0 Å². The van der Waals surface area contributed by atoms with E-state index in [1.807, 2.05) is 18.2 Å². The molecule has 1 N–H and O–H groups in total. The fraction of sp³-hybridized carbons (Fsp3) is 0.105. The number of amides is 1. The zero-order valence-electron chi connectivity index (χ0n) is 14.4. The van der Waals surface area contributed by atoms with E-state index in [4.69, 9.17) is 0 Å². The van der Waals surface area contributed by atoms with Crippen LogP contribution in [0.15, 0.2) is 59.7 Å².